The predicted molar refractivity (Wildman–Crippen MR) is 69.3 cm³/mol. The van der Waals surface area contributed by atoms with E-state index in [1.165, 1.54) is 0 Å². The Kier molecular flexibility index (Phi) is 8.11. The van der Waals surface area contributed by atoms with Crippen LogP contribution < -0.4 is 5.73 Å². The summed E-state index contributed by atoms with van der Waals surface area (Å²) in [7, 11) is 1.64. The fraction of sp³-hybridized carbons (Fsp3) is 0.818. The fourth-order valence-corrected chi connectivity index (χ4v) is 1.43. The van der Waals surface area contributed by atoms with Crippen LogP contribution in [-0.4, -0.2) is 42.6 Å². The van der Waals surface area contributed by atoms with Crippen LogP contribution in [0, 0.1) is 5.92 Å². The van der Waals surface area contributed by atoms with Gasteiger partial charge in [-0.3, -0.25) is 4.79 Å². The number of rotatable bonds is 8. The van der Waals surface area contributed by atoms with Gasteiger partial charge in [-0.1, -0.05) is 19.1 Å². The van der Waals surface area contributed by atoms with Crippen molar-refractivity contribution in [3.05, 3.63) is 0 Å². The molecule has 0 aromatic carbocycles. The number of thiocarbonyl (C=S) groups is 1. The number of carbonyl (C=O) groups is 1. The highest BCUT2D eigenvalue weighted by atomic mass is 32.1. The summed E-state index contributed by atoms with van der Waals surface area (Å²) in [5, 5.41) is 0. The zero-order chi connectivity index (χ0) is 12.6. The lowest BCUT2D eigenvalue weighted by molar-refractivity contribution is -0.131. The van der Waals surface area contributed by atoms with Crippen LogP contribution in [0.15, 0.2) is 0 Å². The number of ether oxygens (including phenoxy) is 1. The molecule has 0 aliphatic heterocycles. The van der Waals surface area contributed by atoms with E-state index in [2.05, 4.69) is 0 Å². The van der Waals surface area contributed by atoms with E-state index < -0.39 is 0 Å². The van der Waals surface area contributed by atoms with Crippen LogP contribution in [-0.2, 0) is 9.53 Å². The number of nitrogens with zero attached hydrogens (tertiary/aromatic N) is 1. The molecule has 0 heterocycles. The van der Waals surface area contributed by atoms with Gasteiger partial charge in [-0.15, -0.1) is 0 Å². The highest BCUT2D eigenvalue weighted by molar-refractivity contribution is 7.80. The van der Waals surface area contributed by atoms with Gasteiger partial charge in [0.05, 0.1) is 4.99 Å². The van der Waals surface area contributed by atoms with Gasteiger partial charge in [0.25, 0.3) is 0 Å². The minimum Gasteiger partial charge on any atom is -0.393 e. The summed E-state index contributed by atoms with van der Waals surface area (Å²) in [5.41, 5.74) is 5.53. The molecular formula is C11H22N2O2S. The molecular weight excluding hydrogens is 224 g/mol. The summed E-state index contributed by atoms with van der Waals surface area (Å²) in [5.74, 6) is 0.212. The van der Waals surface area contributed by atoms with E-state index >= 15 is 0 Å². The Morgan fingerprint density at radius 2 is 2.19 bits per heavy atom. The lowest BCUT2D eigenvalue weighted by Gasteiger charge is -2.24. The van der Waals surface area contributed by atoms with Crippen molar-refractivity contribution < 1.29 is 9.53 Å². The average Bonchev–Trinajstić information content (AvgIpc) is 2.25. The Bertz CT molecular complexity index is 234. The van der Waals surface area contributed by atoms with Crippen LogP contribution >= 0.6 is 12.2 Å². The molecule has 1 amide bonds. The maximum Gasteiger partial charge on any atom is 0.222 e. The molecule has 0 radical (unpaired) electrons. The Labute approximate surface area is 103 Å². The first-order chi connectivity index (χ1) is 7.52. The topological polar surface area (TPSA) is 55.6 Å². The number of hydrogen-bond donors (Lipinski definition) is 1. The maximum absolute atomic E-state index is 11.8. The lowest BCUT2D eigenvalue weighted by atomic mass is 10.1. The van der Waals surface area contributed by atoms with Crippen LogP contribution in [0.1, 0.15) is 26.7 Å². The first kappa shape index (κ1) is 15.3. The van der Waals surface area contributed by atoms with E-state index in [0.29, 0.717) is 31.1 Å². The zero-order valence-electron chi connectivity index (χ0n) is 10.4. The molecule has 5 heteroatoms. The third kappa shape index (κ3) is 6.02. The number of carbonyl (C=O) groups excluding carboxylic acids is 1. The highest BCUT2D eigenvalue weighted by Crippen LogP contribution is 2.04. The van der Waals surface area contributed by atoms with Gasteiger partial charge < -0.3 is 15.4 Å². The first-order valence-electron chi connectivity index (χ1n) is 5.58. The molecule has 0 aliphatic carbocycles. The molecule has 4 nitrogen and oxygen atoms in total. The Morgan fingerprint density at radius 3 is 2.62 bits per heavy atom. The van der Waals surface area contributed by atoms with Crippen LogP contribution in [0.4, 0.5) is 0 Å². The summed E-state index contributed by atoms with van der Waals surface area (Å²) in [6.07, 6.45) is 1.28. The van der Waals surface area contributed by atoms with Crippen molar-refractivity contribution in [2.75, 3.05) is 26.8 Å². The molecule has 0 saturated carbocycles. The third-order valence-corrected chi connectivity index (χ3v) is 2.86. The molecule has 0 aromatic rings. The Hall–Kier alpha value is -0.680. The minimum atomic E-state index is 0.0707. The molecule has 94 valence electrons. The van der Waals surface area contributed by atoms with Crippen LogP contribution in [0.2, 0.25) is 0 Å². The summed E-state index contributed by atoms with van der Waals surface area (Å²) in [4.78, 5) is 14.0. The van der Waals surface area contributed by atoms with E-state index in [0.717, 1.165) is 6.42 Å². The molecule has 0 spiro atoms. The third-order valence-electron chi connectivity index (χ3n) is 2.45. The molecule has 0 bridgehead atoms. The van der Waals surface area contributed by atoms with Crippen molar-refractivity contribution >= 4 is 23.1 Å². The highest BCUT2D eigenvalue weighted by Gasteiger charge is 2.15. The largest absolute Gasteiger partial charge is 0.393 e. The second-order valence-electron chi connectivity index (χ2n) is 3.83. The predicted octanol–water partition coefficient (Wildman–Crippen LogP) is 1.18. The SMILES string of the molecule is CCN(CC(C)C(N)=S)C(=O)CCCOC. The van der Waals surface area contributed by atoms with E-state index in [9.17, 15) is 4.79 Å². The summed E-state index contributed by atoms with van der Waals surface area (Å²) < 4.78 is 4.91. The second kappa shape index (κ2) is 8.47. The molecule has 0 fully saturated rings. The molecule has 1 atom stereocenters. The van der Waals surface area contributed by atoms with Crippen LogP contribution in [0.25, 0.3) is 0 Å². The van der Waals surface area contributed by atoms with Gasteiger partial charge in [-0.25, -0.2) is 0 Å². The summed E-state index contributed by atoms with van der Waals surface area (Å²) in [6, 6.07) is 0. The maximum atomic E-state index is 11.8. The quantitative estimate of drug-likeness (QED) is 0.516. The first-order valence-corrected chi connectivity index (χ1v) is 5.99. The molecule has 16 heavy (non-hydrogen) atoms. The van der Waals surface area contributed by atoms with Gasteiger partial charge in [0.15, 0.2) is 0 Å². The number of nitrogens with two attached hydrogens (primary N) is 1. The number of methoxy groups -OCH3 is 1. The molecule has 0 aromatic heterocycles. The second-order valence-corrected chi connectivity index (χ2v) is 4.30. The molecule has 0 aliphatic rings. The fourth-order valence-electron chi connectivity index (χ4n) is 1.35. The smallest absolute Gasteiger partial charge is 0.222 e. The zero-order valence-corrected chi connectivity index (χ0v) is 11.2. The van der Waals surface area contributed by atoms with Crippen molar-refractivity contribution in [1.29, 1.82) is 0 Å². The van der Waals surface area contributed by atoms with Gasteiger partial charge in [0, 0.05) is 39.1 Å². The van der Waals surface area contributed by atoms with Crippen molar-refractivity contribution in [2.45, 2.75) is 26.7 Å². The van der Waals surface area contributed by atoms with Crippen LogP contribution in [0.3, 0.4) is 0 Å². The molecule has 0 rings (SSSR count). The van der Waals surface area contributed by atoms with E-state index in [-0.39, 0.29) is 11.8 Å². The molecule has 2 N–H and O–H groups in total. The van der Waals surface area contributed by atoms with E-state index in [1.54, 1.807) is 12.0 Å². The van der Waals surface area contributed by atoms with Gasteiger partial charge in [0.2, 0.25) is 5.91 Å². The van der Waals surface area contributed by atoms with Crippen LogP contribution in [0.5, 0.6) is 0 Å². The Morgan fingerprint density at radius 1 is 1.56 bits per heavy atom. The van der Waals surface area contributed by atoms with Crippen molar-refractivity contribution in [3.8, 4) is 0 Å². The average molecular weight is 246 g/mol. The summed E-state index contributed by atoms with van der Waals surface area (Å²) >= 11 is 4.90. The standard InChI is InChI=1S/C11H22N2O2S/c1-4-13(8-9(2)11(12)16)10(14)6-5-7-15-3/h9H,4-8H2,1-3H3,(H2,12,16). The van der Waals surface area contributed by atoms with E-state index in [1.807, 2.05) is 13.8 Å². The molecule has 0 saturated heterocycles. The monoisotopic (exact) mass is 246 g/mol. The minimum absolute atomic E-state index is 0.0707. The van der Waals surface area contributed by atoms with Gasteiger partial charge in [-0.05, 0) is 13.3 Å². The number of amides is 1. The summed E-state index contributed by atoms with van der Waals surface area (Å²) in [6.45, 7) is 5.82. The van der Waals surface area contributed by atoms with Crippen molar-refractivity contribution in [2.24, 2.45) is 11.7 Å². The van der Waals surface area contributed by atoms with Gasteiger partial charge >= 0.3 is 0 Å². The van der Waals surface area contributed by atoms with Crippen molar-refractivity contribution in [1.82, 2.24) is 4.90 Å². The normalized spacial score (nSPS) is 12.2. The Balaban J connectivity index is 4.06. The van der Waals surface area contributed by atoms with Gasteiger partial charge in [-0.2, -0.15) is 0 Å². The number of hydrogen-bond acceptors (Lipinski definition) is 3. The lowest BCUT2D eigenvalue weighted by Crippen LogP contribution is -2.38. The van der Waals surface area contributed by atoms with E-state index in [4.69, 9.17) is 22.7 Å². The van der Waals surface area contributed by atoms with Crippen molar-refractivity contribution in [3.63, 3.8) is 0 Å². The molecule has 1 unspecified atom stereocenters. The van der Waals surface area contributed by atoms with Gasteiger partial charge in [0.1, 0.15) is 0 Å².